The number of guanidine groups is 1. The number of ether oxygens (including phenoxy) is 1. The Morgan fingerprint density at radius 1 is 1.00 bits per heavy atom. The van der Waals surface area contributed by atoms with Crippen LogP contribution in [0.5, 0.6) is 0 Å². The fourth-order valence-electron chi connectivity index (χ4n) is 4.95. The van der Waals surface area contributed by atoms with Crippen LogP contribution in [0.2, 0.25) is 0 Å². The van der Waals surface area contributed by atoms with Crippen LogP contribution in [-0.2, 0) is 4.74 Å². The number of benzene rings is 2. The topological polar surface area (TPSA) is 64.4 Å². The van der Waals surface area contributed by atoms with Gasteiger partial charge in [0.15, 0.2) is 0 Å². The van der Waals surface area contributed by atoms with Crippen LogP contribution in [0.25, 0.3) is 11.0 Å². The van der Waals surface area contributed by atoms with Crippen molar-refractivity contribution in [1.82, 2.24) is 24.7 Å². The van der Waals surface area contributed by atoms with Crippen LogP contribution in [0.4, 0.5) is 11.6 Å². The molecule has 3 aromatic rings. The van der Waals surface area contributed by atoms with E-state index in [1.807, 2.05) is 0 Å². The van der Waals surface area contributed by atoms with E-state index in [2.05, 4.69) is 92.1 Å². The Hall–Kier alpha value is -3.14. The molecule has 1 atom stereocenters. The van der Waals surface area contributed by atoms with E-state index in [0.29, 0.717) is 6.67 Å². The summed E-state index contributed by atoms with van der Waals surface area (Å²) in [5, 5.41) is 3.71. The van der Waals surface area contributed by atoms with Crippen LogP contribution in [0.1, 0.15) is 11.7 Å². The molecule has 0 aliphatic carbocycles. The van der Waals surface area contributed by atoms with Crippen LogP contribution < -0.4 is 15.1 Å². The van der Waals surface area contributed by atoms with Crippen molar-refractivity contribution in [2.24, 2.45) is 4.99 Å². The maximum Gasteiger partial charge on any atom is 0.216 e. The van der Waals surface area contributed by atoms with Gasteiger partial charge in [-0.15, -0.1) is 0 Å². The van der Waals surface area contributed by atoms with E-state index < -0.39 is 0 Å². The third kappa shape index (κ3) is 3.89. The summed E-state index contributed by atoms with van der Waals surface area (Å²) in [4.78, 5) is 19.2. The standard InChI is InChI=1S/C25H32N8O/c1-29(2)20-9-7-19(8-10-20)23-28-24-26-17-31(12-11-30-13-15-34-16-14-30)18-32(24)25-27-21-5-3-4-6-22(21)33(23)25/h3-10,23H,11-18H2,1-2H3,(H,26,28)/t23-/m1/s1. The molecule has 0 spiro atoms. The highest BCUT2D eigenvalue weighted by Crippen LogP contribution is 2.34. The van der Waals surface area contributed by atoms with E-state index in [1.165, 1.54) is 11.3 Å². The van der Waals surface area contributed by atoms with Crippen molar-refractivity contribution in [2.45, 2.75) is 6.17 Å². The number of nitrogens with zero attached hydrogens (tertiary/aromatic N) is 7. The Kier molecular flexibility index (Phi) is 5.60. The van der Waals surface area contributed by atoms with Crippen LogP contribution in [0, 0.1) is 0 Å². The summed E-state index contributed by atoms with van der Waals surface area (Å²) in [6.07, 6.45) is -0.0616. The first-order chi connectivity index (χ1) is 16.7. The quantitative estimate of drug-likeness (QED) is 0.625. The van der Waals surface area contributed by atoms with Gasteiger partial charge in [-0.05, 0) is 29.8 Å². The lowest BCUT2D eigenvalue weighted by molar-refractivity contribution is 0.0334. The smallest absolute Gasteiger partial charge is 0.216 e. The monoisotopic (exact) mass is 460 g/mol. The van der Waals surface area contributed by atoms with Crippen molar-refractivity contribution < 1.29 is 4.74 Å². The molecule has 1 saturated heterocycles. The molecule has 6 rings (SSSR count). The van der Waals surface area contributed by atoms with Gasteiger partial charge in [-0.3, -0.25) is 19.3 Å². The summed E-state index contributed by atoms with van der Waals surface area (Å²) in [6.45, 7) is 7.16. The van der Waals surface area contributed by atoms with Crippen LogP contribution in [0.3, 0.4) is 0 Å². The molecule has 0 saturated carbocycles. The third-order valence-corrected chi connectivity index (χ3v) is 6.92. The van der Waals surface area contributed by atoms with Gasteiger partial charge in [-0.1, -0.05) is 24.3 Å². The van der Waals surface area contributed by atoms with Gasteiger partial charge in [0.05, 0.1) is 37.6 Å². The maximum absolute atomic E-state index is 5.49. The summed E-state index contributed by atoms with van der Waals surface area (Å²) in [5.41, 5.74) is 4.49. The van der Waals surface area contributed by atoms with Crippen molar-refractivity contribution in [3.8, 4) is 0 Å². The molecule has 1 fully saturated rings. The molecule has 0 radical (unpaired) electrons. The first kappa shape index (κ1) is 21.4. The number of aliphatic imine (C=N–C) groups is 1. The number of aromatic nitrogens is 2. The van der Waals surface area contributed by atoms with Gasteiger partial charge in [0.1, 0.15) is 6.17 Å². The molecule has 2 aromatic carbocycles. The second kappa shape index (κ2) is 8.90. The average Bonchev–Trinajstić information content (AvgIpc) is 3.28. The predicted molar refractivity (Wildman–Crippen MR) is 135 cm³/mol. The number of morpholine rings is 1. The van der Waals surface area contributed by atoms with Crippen molar-refractivity contribution in [1.29, 1.82) is 0 Å². The molecule has 0 unspecified atom stereocenters. The number of imidazole rings is 1. The number of hydrogen-bond acceptors (Lipinski definition) is 8. The average molecular weight is 461 g/mol. The first-order valence-electron chi connectivity index (χ1n) is 12.0. The van der Waals surface area contributed by atoms with Crippen LogP contribution in [0.15, 0.2) is 53.5 Å². The Labute approximate surface area is 200 Å². The molecule has 0 bridgehead atoms. The van der Waals surface area contributed by atoms with Crippen molar-refractivity contribution in [3.05, 3.63) is 54.1 Å². The number of rotatable bonds is 5. The summed E-state index contributed by atoms with van der Waals surface area (Å²) in [7, 11) is 4.13. The van der Waals surface area contributed by atoms with Gasteiger partial charge >= 0.3 is 0 Å². The van der Waals surface area contributed by atoms with E-state index >= 15 is 0 Å². The van der Waals surface area contributed by atoms with Crippen molar-refractivity contribution in [3.63, 3.8) is 0 Å². The molecule has 3 aliphatic heterocycles. The molecule has 4 heterocycles. The zero-order valence-corrected chi connectivity index (χ0v) is 19.9. The number of nitrogens with one attached hydrogen (secondary N) is 1. The van der Waals surface area contributed by atoms with Gasteiger partial charge in [0, 0.05) is 46.0 Å². The van der Waals surface area contributed by atoms with E-state index in [-0.39, 0.29) is 6.17 Å². The van der Waals surface area contributed by atoms with Gasteiger partial charge < -0.3 is 15.0 Å². The minimum atomic E-state index is -0.0616. The van der Waals surface area contributed by atoms with Crippen LogP contribution in [-0.4, -0.2) is 92.1 Å². The summed E-state index contributed by atoms with van der Waals surface area (Å²) in [6, 6.07) is 17.1. The normalized spacial score (nSPS) is 21.1. The maximum atomic E-state index is 5.49. The Balaban J connectivity index is 1.31. The highest BCUT2D eigenvalue weighted by Gasteiger charge is 2.35. The zero-order valence-electron chi connectivity index (χ0n) is 19.9. The van der Waals surface area contributed by atoms with Crippen LogP contribution >= 0.6 is 0 Å². The zero-order chi connectivity index (χ0) is 23.1. The van der Waals surface area contributed by atoms with Gasteiger partial charge in [0.25, 0.3) is 0 Å². The van der Waals surface area contributed by atoms with E-state index in [1.54, 1.807) is 0 Å². The number of para-hydroxylation sites is 2. The van der Waals surface area contributed by atoms with Crippen molar-refractivity contribution in [2.75, 3.05) is 76.6 Å². The summed E-state index contributed by atoms with van der Waals surface area (Å²) in [5.74, 6) is 1.84. The second-order valence-corrected chi connectivity index (χ2v) is 9.34. The van der Waals surface area contributed by atoms with E-state index in [0.717, 1.165) is 69.0 Å². The largest absolute Gasteiger partial charge is 0.379 e. The second-order valence-electron chi connectivity index (χ2n) is 9.34. The molecule has 9 nitrogen and oxygen atoms in total. The molecule has 9 heteroatoms. The molecule has 3 aliphatic rings. The Morgan fingerprint density at radius 2 is 1.76 bits per heavy atom. The fourth-order valence-corrected chi connectivity index (χ4v) is 4.95. The number of fused-ring (bicyclic) bond motifs is 5. The Morgan fingerprint density at radius 3 is 2.56 bits per heavy atom. The first-order valence-corrected chi connectivity index (χ1v) is 12.0. The van der Waals surface area contributed by atoms with E-state index in [4.69, 9.17) is 14.7 Å². The lowest BCUT2D eigenvalue weighted by Crippen LogP contribution is -2.58. The van der Waals surface area contributed by atoms with Crippen molar-refractivity contribution >= 4 is 28.6 Å². The fraction of sp³-hybridized carbons (Fsp3) is 0.440. The lowest BCUT2D eigenvalue weighted by Gasteiger charge is -2.42. The minimum Gasteiger partial charge on any atom is -0.379 e. The molecular weight excluding hydrogens is 428 g/mol. The summed E-state index contributed by atoms with van der Waals surface area (Å²) < 4.78 is 7.80. The SMILES string of the molecule is CN(C)c1ccc([C@@H]2NC3=NCN(CCN4CCOCC4)CN3c3nc4ccccc4n32)cc1. The van der Waals surface area contributed by atoms with Gasteiger partial charge in [0.2, 0.25) is 11.9 Å². The molecule has 0 amide bonds. The number of hydrogen-bond donors (Lipinski definition) is 1. The molecule has 178 valence electrons. The minimum absolute atomic E-state index is 0.0616. The van der Waals surface area contributed by atoms with Gasteiger partial charge in [-0.25, -0.2) is 9.98 Å². The van der Waals surface area contributed by atoms with E-state index in [9.17, 15) is 0 Å². The molecule has 1 N–H and O–H groups in total. The lowest BCUT2D eigenvalue weighted by atomic mass is 10.1. The predicted octanol–water partition coefficient (Wildman–Crippen LogP) is 1.98. The molecule has 1 aromatic heterocycles. The molecule has 34 heavy (non-hydrogen) atoms. The highest BCUT2D eigenvalue weighted by atomic mass is 16.5. The van der Waals surface area contributed by atoms with Gasteiger partial charge in [-0.2, -0.15) is 0 Å². The molecular formula is C25H32N8O. The highest BCUT2D eigenvalue weighted by molar-refractivity contribution is 5.98. The summed E-state index contributed by atoms with van der Waals surface area (Å²) >= 11 is 0. The third-order valence-electron chi connectivity index (χ3n) is 6.92. The number of anilines is 2. The Bertz CT molecular complexity index is 1180.